The SMILES string of the molecule is Cc1cc(C)cc(OC(CN)C(=O)O)c1. The van der Waals surface area contributed by atoms with E-state index in [1.807, 2.05) is 19.9 Å². The van der Waals surface area contributed by atoms with Crippen LogP contribution in [0.15, 0.2) is 18.2 Å². The molecule has 0 saturated heterocycles. The highest BCUT2D eigenvalue weighted by Crippen LogP contribution is 2.17. The Bertz CT molecular complexity index is 343. The number of ether oxygens (including phenoxy) is 1. The van der Waals surface area contributed by atoms with Crippen LogP contribution in [0, 0.1) is 13.8 Å². The first-order valence-electron chi connectivity index (χ1n) is 4.70. The van der Waals surface area contributed by atoms with Crippen molar-refractivity contribution in [3.05, 3.63) is 29.3 Å². The molecule has 0 heterocycles. The van der Waals surface area contributed by atoms with Crippen LogP contribution in [0.4, 0.5) is 0 Å². The number of hydrogen-bond acceptors (Lipinski definition) is 3. The molecule has 3 N–H and O–H groups in total. The first kappa shape index (κ1) is 11.5. The summed E-state index contributed by atoms with van der Waals surface area (Å²) in [6, 6.07) is 5.57. The Hall–Kier alpha value is -1.55. The maximum absolute atomic E-state index is 10.7. The Kier molecular flexibility index (Phi) is 3.68. The Labute approximate surface area is 88.7 Å². The zero-order chi connectivity index (χ0) is 11.4. The molecule has 4 nitrogen and oxygen atoms in total. The van der Waals surface area contributed by atoms with Gasteiger partial charge in [-0.15, -0.1) is 0 Å². The van der Waals surface area contributed by atoms with E-state index in [1.165, 1.54) is 0 Å². The highest BCUT2D eigenvalue weighted by atomic mass is 16.5. The minimum absolute atomic E-state index is 0.0394. The van der Waals surface area contributed by atoms with Crippen molar-refractivity contribution in [3.63, 3.8) is 0 Å². The lowest BCUT2D eigenvalue weighted by molar-refractivity contribution is -0.144. The van der Waals surface area contributed by atoms with E-state index in [2.05, 4.69) is 0 Å². The molecule has 15 heavy (non-hydrogen) atoms. The van der Waals surface area contributed by atoms with Crippen molar-refractivity contribution in [2.75, 3.05) is 6.54 Å². The lowest BCUT2D eigenvalue weighted by Gasteiger charge is -2.13. The van der Waals surface area contributed by atoms with E-state index < -0.39 is 12.1 Å². The summed E-state index contributed by atoms with van der Waals surface area (Å²) in [4.78, 5) is 10.7. The summed E-state index contributed by atoms with van der Waals surface area (Å²) in [7, 11) is 0. The number of benzene rings is 1. The normalized spacial score (nSPS) is 12.2. The number of aryl methyl sites for hydroxylation is 2. The van der Waals surface area contributed by atoms with E-state index >= 15 is 0 Å². The van der Waals surface area contributed by atoms with Crippen LogP contribution in [0.25, 0.3) is 0 Å². The number of carboxylic acids is 1. The topological polar surface area (TPSA) is 72.5 Å². The van der Waals surface area contributed by atoms with Crippen LogP contribution >= 0.6 is 0 Å². The van der Waals surface area contributed by atoms with E-state index in [4.69, 9.17) is 15.6 Å². The average molecular weight is 209 g/mol. The van der Waals surface area contributed by atoms with Crippen molar-refractivity contribution in [1.29, 1.82) is 0 Å². The van der Waals surface area contributed by atoms with Gasteiger partial charge in [0.15, 0.2) is 0 Å². The van der Waals surface area contributed by atoms with Crippen molar-refractivity contribution in [2.45, 2.75) is 20.0 Å². The summed E-state index contributed by atoms with van der Waals surface area (Å²) >= 11 is 0. The van der Waals surface area contributed by atoms with Gasteiger partial charge in [0.05, 0.1) is 0 Å². The number of rotatable bonds is 4. The van der Waals surface area contributed by atoms with Gasteiger partial charge in [0.25, 0.3) is 0 Å². The van der Waals surface area contributed by atoms with Crippen molar-refractivity contribution in [1.82, 2.24) is 0 Å². The van der Waals surface area contributed by atoms with E-state index in [1.54, 1.807) is 12.1 Å². The molecule has 0 radical (unpaired) electrons. The van der Waals surface area contributed by atoms with Gasteiger partial charge in [-0.1, -0.05) is 6.07 Å². The summed E-state index contributed by atoms with van der Waals surface area (Å²) in [5.74, 6) is -0.498. The molecule has 0 spiro atoms. The maximum atomic E-state index is 10.7. The first-order chi connectivity index (χ1) is 7.02. The maximum Gasteiger partial charge on any atom is 0.346 e. The minimum Gasteiger partial charge on any atom is -0.478 e. The molecule has 4 heteroatoms. The molecule has 0 aliphatic carbocycles. The highest BCUT2D eigenvalue weighted by molar-refractivity contribution is 5.73. The molecule has 82 valence electrons. The molecule has 0 aliphatic rings. The fourth-order valence-corrected chi connectivity index (χ4v) is 1.36. The molecule has 0 aromatic heterocycles. The van der Waals surface area contributed by atoms with Crippen LogP contribution < -0.4 is 10.5 Å². The van der Waals surface area contributed by atoms with Crippen LogP contribution in [0.3, 0.4) is 0 Å². The Morgan fingerprint density at radius 1 is 1.40 bits per heavy atom. The first-order valence-corrected chi connectivity index (χ1v) is 4.70. The second kappa shape index (κ2) is 4.79. The van der Waals surface area contributed by atoms with E-state index in [0.717, 1.165) is 11.1 Å². The van der Waals surface area contributed by atoms with E-state index in [9.17, 15) is 4.79 Å². The molecule has 1 rings (SSSR count). The Morgan fingerprint density at radius 3 is 2.33 bits per heavy atom. The van der Waals surface area contributed by atoms with Gasteiger partial charge in [-0.25, -0.2) is 4.79 Å². The quantitative estimate of drug-likeness (QED) is 0.778. The standard InChI is InChI=1S/C11H15NO3/c1-7-3-8(2)5-9(4-7)15-10(6-12)11(13)14/h3-5,10H,6,12H2,1-2H3,(H,13,14). The summed E-state index contributed by atoms with van der Waals surface area (Å²) in [6.45, 7) is 3.82. The second-order valence-corrected chi connectivity index (χ2v) is 3.50. The smallest absolute Gasteiger partial charge is 0.346 e. The Balaban J connectivity index is 2.83. The van der Waals surface area contributed by atoms with Crippen molar-refractivity contribution in [2.24, 2.45) is 5.73 Å². The lowest BCUT2D eigenvalue weighted by atomic mass is 10.1. The number of carbonyl (C=O) groups is 1. The second-order valence-electron chi connectivity index (χ2n) is 3.50. The molecule has 0 bridgehead atoms. The minimum atomic E-state index is -1.04. The highest BCUT2D eigenvalue weighted by Gasteiger charge is 2.17. The molecular weight excluding hydrogens is 194 g/mol. The molecular formula is C11H15NO3. The number of nitrogens with two attached hydrogens (primary N) is 1. The molecule has 0 aliphatic heterocycles. The fourth-order valence-electron chi connectivity index (χ4n) is 1.36. The number of carboxylic acid groups (broad SMARTS) is 1. The zero-order valence-electron chi connectivity index (χ0n) is 8.86. The van der Waals surface area contributed by atoms with Gasteiger partial charge in [-0.2, -0.15) is 0 Å². The van der Waals surface area contributed by atoms with E-state index in [-0.39, 0.29) is 6.54 Å². The van der Waals surface area contributed by atoms with Gasteiger partial charge in [0.1, 0.15) is 5.75 Å². The largest absolute Gasteiger partial charge is 0.478 e. The summed E-state index contributed by atoms with van der Waals surface area (Å²) in [5.41, 5.74) is 7.36. The molecule has 1 aromatic rings. The third-order valence-corrected chi connectivity index (χ3v) is 1.96. The van der Waals surface area contributed by atoms with Gasteiger partial charge < -0.3 is 15.6 Å². The number of hydrogen-bond donors (Lipinski definition) is 2. The van der Waals surface area contributed by atoms with Gasteiger partial charge in [-0.05, 0) is 37.1 Å². The van der Waals surface area contributed by atoms with Crippen LogP contribution in [0.1, 0.15) is 11.1 Å². The monoisotopic (exact) mass is 209 g/mol. The molecule has 1 aromatic carbocycles. The fraction of sp³-hybridized carbons (Fsp3) is 0.364. The summed E-state index contributed by atoms with van der Waals surface area (Å²) < 4.78 is 5.26. The van der Waals surface area contributed by atoms with Gasteiger partial charge in [0.2, 0.25) is 6.10 Å². The summed E-state index contributed by atoms with van der Waals surface area (Å²) in [5, 5.41) is 8.77. The van der Waals surface area contributed by atoms with Crippen molar-refractivity contribution < 1.29 is 14.6 Å². The zero-order valence-corrected chi connectivity index (χ0v) is 8.86. The van der Waals surface area contributed by atoms with Gasteiger partial charge in [-0.3, -0.25) is 0 Å². The predicted molar refractivity (Wildman–Crippen MR) is 57.0 cm³/mol. The van der Waals surface area contributed by atoms with Crippen molar-refractivity contribution in [3.8, 4) is 5.75 Å². The number of aliphatic carboxylic acids is 1. The van der Waals surface area contributed by atoms with E-state index in [0.29, 0.717) is 5.75 Å². The molecule has 1 atom stereocenters. The summed E-state index contributed by atoms with van der Waals surface area (Å²) in [6.07, 6.45) is -0.980. The average Bonchev–Trinajstić information content (AvgIpc) is 2.12. The van der Waals surface area contributed by atoms with Crippen LogP contribution in [-0.2, 0) is 4.79 Å². The van der Waals surface area contributed by atoms with Crippen LogP contribution in [0.2, 0.25) is 0 Å². The van der Waals surface area contributed by atoms with Gasteiger partial charge >= 0.3 is 5.97 Å². The van der Waals surface area contributed by atoms with Crippen molar-refractivity contribution >= 4 is 5.97 Å². The third-order valence-electron chi connectivity index (χ3n) is 1.96. The predicted octanol–water partition coefficient (Wildman–Crippen LogP) is 1.09. The van der Waals surface area contributed by atoms with Gasteiger partial charge in [0, 0.05) is 6.54 Å². The Morgan fingerprint density at radius 2 is 1.93 bits per heavy atom. The lowest BCUT2D eigenvalue weighted by Crippen LogP contribution is -2.34. The molecule has 1 unspecified atom stereocenters. The molecule has 0 amide bonds. The molecule has 0 saturated carbocycles. The molecule has 0 fully saturated rings. The van der Waals surface area contributed by atoms with Crippen LogP contribution in [0.5, 0.6) is 5.75 Å². The third kappa shape index (κ3) is 3.25. The van der Waals surface area contributed by atoms with Crippen LogP contribution in [-0.4, -0.2) is 23.7 Å².